The minimum atomic E-state index is 0.326. The lowest BCUT2D eigenvalue weighted by Gasteiger charge is -2.13. The molecular formula is C14H18BrN3. The fourth-order valence-electron chi connectivity index (χ4n) is 1.84. The van der Waals surface area contributed by atoms with Gasteiger partial charge in [-0.15, -0.1) is 0 Å². The molecular weight excluding hydrogens is 290 g/mol. The zero-order valence-corrected chi connectivity index (χ0v) is 12.3. The molecule has 2 rings (SSSR count). The molecule has 18 heavy (non-hydrogen) atoms. The Morgan fingerprint density at radius 2 is 2.28 bits per heavy atom. The third-order valence-electron chi connectivity index (χ3n) is 2.97. The molecule has 96 valence electrons. The molecule has 2 aromatic rings. The van der Waals surface area contributed by atoms with Crippen molar-refractivity contribution in [2.75, 3.05) is 0 Å². The van der Waals surface area contributed by atoms with Crippen molar-refractivity contribution >= 4 is 15.9 Å². The van der Waals surface area contributed by atoms with Gasteiger partial charge in [-0.3, -0.25) is 4.68 Å². The van der Waals surface area contributed by atoms with Crippen LogP contribution in [-0.2, 0) is 13.1 Å². The van der Waals surface area contributed by atoms with Crippen LogP contribution in [0.4, 0.5) is 0 Å². The van der Waals surface area contributed by atoms with E-state index < -0.39 is 0 Å². The highest BCUT2D eigenvalue weighted by molar-refractivity contribution is 9.10. The molecule has 1 N–H and O–H groups in total. The van der Waals surface area contributed by atoms with Gasteiger partial charge in [-0.25, -0.2) is 0 Å². The van der Waals surface area contributed by atoms with E-state index >= 15 is 0 Å². The minimum Gasteiger partial charge on any atom is -0.306 e. The number of hydrogen-bond acceptors (Lipinski definition) is 2. The first-order chi connectivity index (χ1) is 8.69. The fourth-order valence-corrected chi connectivity index (χ4v) is 2.25. The fraction of sp³-hybridized carbons (Fsp3) is 0.357. The molecule has 4 heteroatoms. The van der Waals surface area contributed by atoms with Crippen molar-refractivity contribution in [3.05, 3.63) is 52.3 Å². The first kappa shape index (κ1) is 13.3. The lowest BCUT2D eigenvalue weighted by atomic mass is 10.1. The van der Waals surface area contributed by atoms with Crippen molar-refractivity contribution in [1.82, 2.24) is 15.1 Å². The summed E-state index contributed by atoms with van der Waals surface area (Å²) >= 11 is 3.50. The molecule has 0 aliphatic rings. The molecule has 0 fully saturated rings. The Morgan fingerprint density at radius 1 is 1.44 bits per heavy atom. The Kier molecular flexibility index (Phi) is 4.55. The smallest absolute Gasteiger partial charge is 0.0534 e. The highest BCUT2D eigenvalue weighted by Gasteiger charge is 2.05. The Morgan fingerprint density at radius 3 is 2.94 bits per heavy atom. The molecule has 1 heterocycles. The summed E-state index contributed by atoms with van der Waals surface area (Å²) in [6, 6.07) is 8.71. The van der Waals surface area contributed by atoms with Crippen molar-refractivity contribution < 1.29 is 0 Å². The van der Waals surface area contributed by atoms with Gasteiger partial charge in [-0.05, 0) is 31.5 Å². The average Bonchev–Trinajstić information content (AvgIpc) is 2.84. The Hall–Kier alpha value is -1.13. The van der Waals surface area contributed by atoms with Crippen LogP contribution in [0.1, 0.15) is 31.0 Å². The summed E-state index contributed by atoms with van der Waals surface area (Å²) in [5.41, 5.74) is 2.51. The SMILES string of the molecule is CCn1cc(CN[C@H](C)c2cccc(Br)c2)cn1. The molecule has 0 aliphatic carbocycles. The van der Waals surface area contributed by atoms with Crippen molar-refractivity contribution in [2.45, 2.75) is 33.0 Å². The summed E-state index contributed by atoms with van der Waals surface area (Å²) in [4.78, 5) is 0. The molecule has 1 aromatic heterocycles. The third-order valence-corrected chi connectivity index (χ3v) is 3.47. The second-order valence-electron chi connectivity index (χ2n) is 4.36. The standard InChI is InChI=1S/C14H18BrN3/c1-3-18-10-12(9-17-18)8-16-11(2)13-5-4-6-14(15)7-13/h4-7,9-11,16H,3,8H2,1-2H3/t11-/m1/s1. The lowest BCUT2D eigenvalue weighted by molar-refractivity contribution is 0.573. The summed E-state index contributed by atoms with van der Waals surface area (Å²) in [5.74, 6) is 0. The van der Waals surface area contributed by atoms with Gasteiger partial charge in [-0.2, -0.15) is 5.10 Å². The van der Waals surface area contributed by atoms with Crippen molar-refractivity contribution in [2.24, 2.45) is 0 Å². The topological polar surface area (TPSA) is 29.9 Å². The van der Waals surface area contributed by atoms with E-state index in [-0.39, 0.29) is 0 Å². The third kappa shape index (κ3) is 3.43. The number of nitrogens with one attached hydrogen (secondary N) is 1. The molecule has 0 aliphatic heterocycles. The highest BCUT2D eigenvalue weighted by atomic mass is 79.9. The molecule has 0 saturated carbocycles. The number of aryl methyl sites for hydroxylation is 1. The number of aromatic nitrogens is 2. The first-order valence-corrected chi connectivity index (χ1v) is 6.98. The van der Waals surface area contributed by atoms with E-state index in [0.717, 1.165) is 17.6 Å². The Labute approximate surface area is 116 Å². The average molecular weight is 308 g/mol. The van der Waals surface area contributed by atoms with E-state index in [9.17, 15) is 0 Å². The van der Waals surface area contributed by atoms with Gasteiger partial charge in [0.2, 0.25) is 0 Å². The van der Waals surface area contributed by atoms with Crippen molar-refractivity contribution in [3.8, 4) is 0 Å². The predicted octanol–water partition coefficient (Wildman–Crippen LogP) is 3.52. The van der Waals surface area contributed by atoms with Crippen LogP contribution < -0.4 is 5.32 Å². The normalized spacial score (nSPS) is 12.6. The van der Waals surface area contributed by atoms with E-state index in [2.05, 4.69) is 64.6 Å². The summed E-state index contributed by atoms with van der Waals surface area (Å²) in [5, 5.41) is 7.77. The van der Waals surface area contributed by atoms with Gasteiger partial charge in [-0.1, -0.05) is 28.1 Å². The maximum atomic E-state index is 4.27. The number of hydrogen-bond donors (Lipinski definition) is 1. The van der Waals surface area contributed by atoms with Crippen molar-refractivity contribution in [1.29, 1.82) is 0 Å². The number of halogens is 1. The molecule has 0 saturated heterocycles. The quantitative estimate of drug-likeness (QED) is 0.916. The van der Waals surface area contributed by atoms with Crippen LogP contribution in [0.5, 0.6) is 0 Å². The van der Waals surface area contributed by atoms with Crippen LogP contribution in [0.15, 0.2) is 41.1 Å². The first-order valence-electron chi connectivity index (χ1n) is 6.19. The van der Waals surface area contributed by atoms with Crippen LogP contribution in [0.25, 0.3) is 0 Å². The van der Waals surface area contributed by atoms with Gasteiger partial charge >= 0.3 is 0 Å². The zero-order valence-electron chi connectivity index (χ0n) is 10.7. The summed E-state index contributed by atoms with van der Waals surface area (Å²) in [6.45, 7) is 6.02. The predicted molar refractivity (Wildman–Crippen MR) is 77.3 cm³/mol. The maximum Gasteiger partial charge on any atom is 0.0534 e. The van der Waals surface area contributed by atoms with Crippen LogP contribution in [-0.4, -0.2) is 9.78 Å². The van der Waals surface area contributed by atoms with Crippen molar-refractivity contribution in [3.63, 3.8) is 0 Å². The van der Waals surface area contributed by atoms with E-state index in [1.165, 1.54) is 11.1 Å². The molecule has 0 spiro atoms. The largest absolute Gasteiger partial charge is 0.306 e. The van der Waals surface area contributed by atoms with Crippen LogP contribution in [0, 0.1) is 0 Å². The zero-order chi connectivity index (χ0) is 13.0. The molecule has 1 atom stereocenters. The Balaban J connectivity index is 1.93. The second-order valence-corrected chi connectivity index (χ2v) is 5.28. The van der Waals surface area contributed by atoms with Gasteiger partial charge in [0.1, 0.15) is 0 Å². The second kappa shape index (κ2) is 6.16. The van der Waals surface area contributed by atoms with E-state index in [0.29, 0.717) is 6.04 Å². The molecule has 0 unspecified atom stereocenters. The molecule has 1 aromatic carbocycles. The van der Waals surface area contributed by atoms with E-state index in [1.54, 1.807) is 0 Å². The lowest BCUT2D eigenvalue weighted by Crippen LogP contribution is -2.17. The number of benzene rings is 1. The summed E-state index contributed by atoms with van der Waals surface area (Å²) < 4.78 is 3.06. The highest BCUT2D eigenvalue weighted by Crippen LogP contribution is 2.18. The van der Waals surface area contributed by atoms with Gasteiger partial charge < -0.3 is 5.32 Å². The van der Waals surface area contributed by atoms with Gasteiger partial charge in [0, 0.05) is 35.4 Å². The van der Waals surface area contributed by atoms with E-state index in [1.807, 2.05) is 16.9 Å². The van der Waals surface area contributed by atoms with Gasteiger partial charge in [0.05, 0.1) is 6.20 Å². The molecule has 0 radical (unpaired) electrons. The Bertz CT molecular complexity index is 507. The van der Waals surface area contributed by atoms with Gasteiger partial charge in [0.25, 0.3) is 0 Å². The van der Waals surface area contributed by atoms with Crippen LogP contribution >= 0.6 is 15.9 Å². The van der Waals surface area contributed by atoms with E-state index in [4.69, 9.17) is 0 Å². The van der Waals surface area contributed by atoms with Crippen LogP contribution in [0.2, 0.25) is 0 Å². The summed E-state index contributed by atoms with van der Waals surface area (Å²) in [6.07, 6.45) is 4.00. The minimum absolute atomic E-state index is 0.326. The maximum absolute atomic E-state index is 4.27. The number of nitrogens with zero attached hydrogens (tertiary/aromatic N) is 2. The molecule has 3 nitrogen and oxygen atoms in total. The molecule has 0 amide bonds. The number of rotatable bonds is 5. The monoisotopic (exact) mass is 307 g/mol. The van der Waals surface area contributed by atoms with Crippen LogP contribution in [0.3, 0.4) is 0 Å². The van der Waals surface area contributed by atoms with Gasteiger partial charge in [0.15, 0.2) is 0 Å². The molecule has 0 bridgehead atoms. The summed E-state index contributed by atoms with van der Waals surface area (Å²) in [7, 11) is 0.